The molecule has 0 aliphatic carbocycles. The zero-order chi connectivity index (χ0) is 21.9. The highest BCUT2D eigenvalue weighted by Gasteiger charge is 2.23. The lowest BCUT2D eigenvalue weighted by Gasteiger charge is -2.26. The molecule has 0 aliphatic heterocycles. The highest BCUT2D eigenvalue weighted by molar-refractivity contribution is 5.33. The third kappa shape index (κ3) is 6.79. The maximum absolute atomic E-state index is 6.22. The fourth-order valence-corrected chi connectivity index (χ4v) is 2.98. The van der Waals surface area contributed by atoms with Crippen LogP contribution in [-0.2, 0) is 11.3 Å². The van der Waals surface area contributed by atoms with Crippen molar-refractivity contribution in [1.82, 2.24) is 0 Å². The summed E-state index contributed by atoms with van der Waals surface area (Å²) in [4.78, 5) is 0. The minimum Gasteiger partial charge on any atom is -0.497 e. The third-order valence-electron chi connectivity index (χ3n) is 4.67. The molecule has 0 N–H and O–H groups in total. The first kappa shape index (κ1) is 22.2. The molecule has 0 saturated carbocycles. The Morgan fingerprint density at radius 1 is 0.710 bits per heavy atom. The van der Waals surface area contributed by atoms with Crippen molar-refractivity contribution in [3.8, 4) is 23.0 Å². The molecular weight excluding hydrogens is 392 g/mol. The van der Waals surface area contributed by atoms with Gasteiger partial charge in [-0.1, -0.05) is 36.9 Å². The van der Waals surface area contributed by atoms with E-state index in [1.54, 1.807) is 20.3 Å². The van der Waals surface area contributed by atoms with Crippen molar-refractivity contribution in [2.24, 2.45) is 0 Å². The van der Waals surface area contributed by atoms with Gasteiger partial charge in [-0.05, 0) is 60.2 Å². The second-order valence-corrected chi connectivity index (χ2v) is 6.83. The first-order chi connectivity index (χ1) is 15.2. The van der Waals surface area contributed by atoms with Crippen molar-refractivity contribution in [3.63, 3.8) is 0 Å². The van der Waals surface area contributed by atoms with Crippen LogP contribution in [0.15, 0.2) is 91.5 Å². The summed E-state index contributed by atoms with van der Waals surface area (Å²) in [6, 6.07) is 24.8. The molecule has 0 heterocycles. The van der Waals surface area contributed by atoms with Crippen LogP contribution in [0.5, 0.6) is 23.0 Å². The fourth-order valence-electron chi connectivity index (χ4n) is 2.98. The number of rotatable bonds is 12. The summed E-state index contributed by atoms with van der Waals surface area (Å²) in [6.45, 7) is 4.75. The maximum atomic E-state index is 6.22. The first-order valence-electron chi connectivity index (χ1n) is 10.1. The molecule has 0 bridgehead atoms. The van der Waals surface area contributed by atoms with Crippen LogP contribution >= 0.6 is 0 Å². The van der Waals surface area contributed by atoms with Crippen LogP contribution in [0.3, 0.4) is 0 Å². The molecule has 0 amide bonds. The van der Waals surface area contributed by atoms with Gasteiger partial charge in [0.05, 0.1) is 27.4 Å². The van der Waals surface area contributed by atoms with E-state index in [2.05, 4.69) is 6.58 Å². The summed E-state index contributed by atoms with van der Waals surface area (Å²) in [6.07, 6.45) is 0.896. The van der Waals surface area contributed by atoms with E-state index in [-0.39, 0.29) is 0 Å². The second kappa shape index (κ2) is 11.7. The van der Waals surface area contributed by atoms with Gasteiger partial charge < -0.3 is 23.7 Å². The third-order valence-corrected chi connectivity index (χ3v) is 4.67. The molecule has 2 atom stereocenters. The van der Waals surface area contributed by atoms with Gasteiger partial charge in [0, 0.05) is 0 Å². The van der Waals surface area contributed by atoms with Crippen LogP contribution < -0.4 is 18.9 Å². The predicted octanol–water partition coefficient (Wildman–Crippen LogP) is 5.30. The van der Waals surface area contributed by atoms with E-state index < -0.39 is 12.2 Å². The van der Waals surface area contributed by atoms with Gasteiger partial charge in [0.1, 0.15) is 23.0 Å². The topological polar surface area (TPSA) is 46.2 Å². The standard InChI is InChI=1S/C26H28O5/c1-4-25(30-23-14-10-21(27-2)11-15-23)26(19-29-18-20-8-6-5-7-9-20)31-24-16-12-22(28-3)13-17-24/h4-17,25-26H,1,18-19H2,2-3H3/t25-,26-/m1/s1. The molecule has 162 valence electrons. The zero-order valence-corrected chi connectivity index (χ0v) is 17.9. The zero-order valence-electron chi connectivity index (χ0n) is 17.9. The Kier molecular flexibility index (Phi) is 8.38. The van der Waals surface area contributed by atoms with Gasteiger partial charge in [0.25, 0.3) is 0 Å². The Hall–Kier alpha value is -3.44. The van der Waals surface area contributed by atoms with E-state index in [1.807, 2.05) is 78.9 Å². The van der Waals surface area contributed by atoms with Crippen molar-refractivity contribution in [2.45, 2.75) is 18.8 Å². The molecule has 3 rings (SSSR count). The first-order valence-corrected chi connectivity index (χ1v) is 10.1. The van der Waals surface area contributed by atoms with E-state index in [9.17, 15) is 0 Å². The number of ether oxygens (including phenoxy) is 5. The van der Waals surface area contributed by atoms with Crippen molar-refractivity contribution < 1.29 is 23.7 Å². The van der Waals surface area contributed by atoms with Crippen molar-refractivity contribution in [1.29, 1.82) is 0 Å². The largest absolute Gasteiger partial charge is 0.497 e. The summed E-state index contributed by atoms with van der Waals surface area (Å²) in [5.74, 6) is 2.91. The Balaban J connectivity index is 1.71. The molecule has 0 spiro atoms. The molecule has 0 radical (unpaired) electrons. The molecule has 31 heavy (non-hydrogen) atoms. The molecule has 0 aliphatic rings. The monoisotopic (exact) mass is 420 g/mol. The van der Waals surface area contributed by atoms with Crippen LogP contribution in [0.25, 0.3) is 0 Å². The minimum absolute atomic E-state index is 0.327. The van der Waals surface area contributed by atoms with Gasteiger partial charge in [-0.2, -0.15) is 0 Å². The van der Waals surface area contributed by atoms with Gasteiger partial charge in [-0.15, -0.1) is 0 Å². The molecule has 0 fully saturated rings. The normalized spacial score (nSPS) is 12.5. The van der Waals surface area contributed by atoms with Crippen molar-refractivity contribution >= 4 is 0 Å². The molecule has 3 aromatic carbocycles. The van der Waals surface area contributed by atoms with Crippen LogP contribution in [0, 0.1) is 0 Å². The molecule has 3 aromatic rings. The number of hydrogen-bond donors (Lipinski definition) is 0. The van der Waals surface area contributed by atoms with Gasteiger partial charge >= 0.3 is 0 Å². The summed E-state index contributed by atoms with van der Waals surface area (Å²) < 4.78 is 28.8. The lowest BCUT2D eigenvalue weighted by Crippen LogP contribution is -2.38. The fraction of sp³-hybridized carbons (Fsp3) is 0.231. The van der Waals surface area contributed by atoms with E-state index in [4.69, 9.17) is 23.7 Å². The maximum Gasteiger partial charge on any atom is 0.162 e. The minimum atomic E-state index is -0.425. The second-order valence-electron chi connectivity index (χ2n) is 6.83. The Labute approximate surface area is 183 Å². The van der Waals surface area contributed by atoms with Crippen LogP contribution in [-0.4, -0.2) is 33.0 Å². The van der Waals surface area contributed by atoms with Crippen molar-refractivity contribution in [2.75, 3.05) is 20.8 Å². The molecule has 0 saturated heterocycles. The molecule has 5 heteroatoms. The van der Waals surface area contributed by atoms with Crippen molar-refractivity contribution in [3.05, 3.63) is 97.1 Å². The number of methoxy groups -OCH3 is 2. The SMILES string of the molecule is C=C[C@@H](Oc1ccc(OC)cc1)[C@@H](COCc1ccccc1)Oc1ccc(OC)cc1. The number of benzene rings is 3. The number of hydrogen-bond acceptors (Lipinski definition) is 5. The molecule has 0 aromatic heterocycles. The Morgan fingerprint density at radius 3 is 1.74 bits per heavy atom. The summed E-state index contributed by atoms with van der Waals surface area (Å²) in [5, 5.41) is 0. The van der Waals surface area contributed by atoms with E-state index in [0.717, 1.165) is 17.1 Å². The van der Waals surface area contributed by atoms with E-state index in [0.29, 0.717) is 24.7 Å². The lowest BCUT2D eigenvalue weighted by atomic mass is 10.2. The van der Waals surface area contributed by atoms with E-state index >= 15 is 0 Å². The van der Waals surface area contributed by atoms with Crippen LogP contribution in [0.4, 0.5) is 0 Å². The summed E-state index contributed by atoms with van der Waals surface area (Å²) in [5.41, 5.74) is 1.09. The van der Waals surface area contributed by atoms with Crippen LogP contribution in [0.2, 0.25) is 0 Å². The van der Waals surface area contributed by atoms with Gasteiger partial charge in [0.15, 0.2) is 12.2 Å². The Bertz CT molecular complexity index is 907. The quantitative estimate of drug-likeness (QED) is 0.372. The van der Waals surface area contributed by atoms with Gasteiger partial charge in [0.2, 0.25) is 0 Å². The molecule has 5 nitrogen and oxygen atoms in total. The highest BCUT2D eigenvalue weighted by Crippen LogP contribution is 2.23. The predicted molar refractivity (Wildman–Crippen MR) is 121 cm³/mol. The molecular formula is C26H28O5. The average molecular weight is 421 g/mol. The van der Waals surface area contributed by atoms with Gasteiger partial charge in [-0.3, -0.25) is 0 Å². The van der Waals surface area contributed by atoms with Gasteiger partial charge in [-0.25, -0.2) is 0 Å². The van der Waals surface area contributed by atoms with E-state index in [1.165, 1.54) is 0 Å². The Morgan fingerprint density at radius 2 is 1.23 bits per heavy atom. The highest BCUT2D eigenvalue weighted by atomic mass is 16.6. The smallest absolute Gasteiger partial charge is 0.162 e. The van der Waals surface area contributed by atoms with Crippen LogP contribution in [0.1, 0.15) is 5.56 Å². The summed E-state index contributed by atoms with van der Waals surface area (Å²) in [7, 11) is 3.26. The summed E-state index contributed by atoms with van der Waals surface area (Å²) >= 11 is 0. The molecule has 0 unspecified atom stereocenters. The average Bonchev–Trinajstić information content (AvgIpc) is 2.83. The lowest BCUT2D eigenvalue weighted by molar-refractivity contribution is -0.00302.